The first kappa shape index (κ1) is 18.2. The summed E-state index contributed by atoms with van der Waals surface area (Å²) >= 11 is 7.75. The molecule has 140 valence electrons. The van der Waals surface area contributed by atoms with E-state index in [9.17, 15) is 4.79 Å². The van der Waals surface area contributed by atoms with Gasteiger partial charge in [-0.15, -0.1) is 11.3 Å². The average molecular weight is 403 g/mol. The van der Waals surface area contributed by atoms with Gasteiger partial charge in [0.1, 0.15) is 0 Å². The fourth-order valence-corrected chi connectivity index (χ4v) is 3.94. The number of thiophene rings is 1. The third-order valence-corrected chi connectivity index (χ3v) is 5.83. The van der Waals surface area contributed by atoms with E-state index in [1.54, 1.807) is 11.3 Å². The van der Waals surface area contributed by atoms with Crippen molar-refractivity contribution in [3.05, 3.63) is 58.3 Å². The Morgan fingerprint density at radius 3 is 2.70 bits per heavy atom. The van der Waals surface area contributed by atoms with E-state index in [1.807, 2.05) is 46.7 Å². The maximum Gasteiger partial charge on any atom is 0.241 e. The molecule has 2 aromatic heterocycles. The highest BCUT2D eigenvalue weighted by Crippen LogP contribution is 2.22. The predicted octanol–water partition coefficient (Wildman–Crippen LogP) is 3.34. The maximum atomic E-state index is 12.5. The summed E-state index contributed by atoms with van der Waals surface area (Å²) in [7, 11) is 0. The highest BCUT2D eigenvalue weighted by atomic mass is 35.5. The van der Waals surface area contributed by atoms with Crippen LogP contribution in [0, 0.1) is 0 Å². The first-order valence-electron chi connectivity index (χ1n) is 8.79. The minimum Gasteiger partial charge on any atom is -0.340 e. The van der Waals surface area contributed by atoms with E-state index in [-0.39, 0.29) is 5.91 Å². The first-order valence-corrected chi connectivity index (χ1v) is 10.0. The van der Waals surface area contributed by atoms with Gasteiger partial charge in [0.25, 0.3) is 0 Å². The van der Waals surface area contributed by atoms with Gasteiger partial charge in [0.05, 0.1) is 17.8 Å². The number of carbonyl (C=O) groups excluding carboxylic acids is 1. The molecule has 0 atom stereocenters. The van der Waals surface area contributed by atoms with Crippen LogP contribution in [0.5, 0.6) is 0 Å². The summed E-state index contributed by atoms with van der Waals surface area (Å²) < 4.78 is 5.37. The van der Waals surface area contributed by atoms with Crippen molar-refractivity contribution >= 4 is 28.8 Å². The highest BCUT2D eigenvalue weighted by Gasteiger charge is 2.23. The third kappa shape index (κ3) is 4.37. The topological polar surface area (TPSA) is 62.5 Å². The lowest BCUT2D eigenvalue weighted by molar-refractivity contribution is -0.132. The molecular weight excluding hydrogens is 384 g/mol. The molecule has 0 saturated carbocycles. The fourth-order valence-electron chi connectivity index (χ4n) is 3.09. The molecule has 0 aliphatic carbocycles. The second kappa shape index (κ2) is 8.21. The second-order valence-corrected chi connectivity index (χ2v) is 7.77. The molecule has 3 aromatic rings. The Balaban J connectivity index is 1.29. The zero-order valence-electron chi connectivity index (χ0n) is 14.7. The molecule has 3 heterocycles. The molecule has 0 bridgehead atoms. The van der Waals surface area contributed by atoms with E-state index >= 15 is 0 Å². The summed E-state index contributed by atoms with van der Waals surface area (Å²) in [4.78, 5) is 22.1. The molecule has 1 saturated heterocycles. The van der Waals surface area contributed by atoms with Gasteiger partial charge < -0.3 is 9.42 Å². The number of halogens is 1. The molecule has 4 rings (SSSR count). The minimum atomic E-state index is 0.112. The van der Waals surface area contributed by atoms with E-state index in [0.29, 0.717) is 42.8 Å². The minimum absolute atomic E-state index is 0.112. The number of hydrogen-bond donors (Lipinski definition) is 0. The molecule has 1 amide bonds. The standard InChI is InChI=1S/C19H19ClN4O2S/c20-15-5-2-1-4-14(15)12-18(25)24-9-7-23(8-10-24)13-17-21-19(22-26-17)16-6-3-11-27-16/h1-6,11H,7-10,12-13H2. The second-order valence-electron chi connectivity index (χ2n) is 6.41. The smallest absolute Gasteiger partial charge is 0.241 e. The van der Waals surface area contributed by atoms with Gasteiger partial charge in [-0.25, -0.2) is 0 Å². The van der Waals surface area contributed by atoms with Gasteiger partial charge >= 0.3 is 0 Å². The third-order valence-electron chi connectivity index (χ3n) is 4.59. The largest absolute Gasteiger partial charge is 0.340 e. The molecule has 1 aliphatic rings. The molecule has 27 heavy (non-hydrogen) atoms. The Hall–Kier alpha value is -2.22. The quantitative estimate of drug-likeness (QED) is 0.655. The van der Waals surface area contributed by atoms with Crippen molar-refractivity contribution in [3.8, 4) is 10.7 Å². The SMILES string of the molecule is O=C(Cc1ccccc1Cl)N1CCN(Cc2nc(-c3cccs3)no2)CC1. The molecule has 6 nitrogen and oxygen atoms in total. The van der Waals surface area contributed by atoms with Crippen LogP contribution in [0.15, 0.2) is 46.3 Å². The average Bonchev–Trinajstić information content (AvgIpc) is 3.36. The van der Waals surface area contributed by atoms with Gasteiger partial charge in [-0.2, -0.15) is 4.98 Å². The lowest BCUT2D eigenvalue weighted by atomic mass is 10.1. The Morgan fingerprint density at radius 1 is 1.15 bits per heavy atom. The summed E-state index contributed by atoms with van der Waals surface area (Å²) in [6, 6.07) is 11.4. The lowest BCUT2D eigenvalue weighted by Gasteiger charge is -2.34. The predicted molar refractivity (Wildman–Crippen MR) is 105 cm³/mol. The summed E-state index contributed by atoms with van der Waals surface area (Å²) in [6.07, 6.45) is 0.341. The van der Waals surface area contributed by atoms with Gasteiger partial charge in [-0.1, -0.05) is 41.0 Å². The van der Waals surface area contributed by atoms with Gasteiger partial charge in [-0.3, -0.25) is 9.69 Å². The van der Waals surface area contributed by atoms with E-state index in [0.717, 1.165) is 23.5 Å². The molecule has 0 spiro atoms. The molecule has 1 aliphatic heterocycles. The summed E-state index contributed by atoms with van der Waals surface area (Å²) in [5, 5.41) is 6.67. The number of amides is 1. The first-order chi connectivity index (χ1) is 13.2. The van der Waals surface area contributed by atoms with Crippen LogP contribution in [0.2, 0.25) is 5.02 Å². The van der Waals surface area contributed by atoms with E-state index in [2.05, 4.69) is 15.0 Å². The van der Waals surface area contributed by atoms with Crippen LogP contribution in [0.4, 0.5) is 0 Å². The van der Waals surface area contributed by atoms with Crippen LogP contribution in [0.25, 0.3) is 10.7 Å². The van der Waals surface area contributed by atoms with Crippen molar-refractivity contribution in [2.24, 2.45) is 0 Å². The normalized spacial score (nSPS) is 15.2. The van der Waals surface area contributed by atoms with Crippen LogP contribution in [-0.4, -0.2) is 52.0 Å². The van der Waals surface area contributed by atoms with Crippen molar-refractivity contribution in [1.82, 2.24) is 19.9 Å². The number of piperazine rings is 1. The van der Waals surface area contributed by atoms with Gasteiger partial charge in [-0.05, 0) is 23.1 Å². The Labute approximate surface area is 166 Å². The van der Waals surface area contributed by atoms with Crippen molar-refractivity contribution < 1.29 is 9.32 Å². The van der Waals surface area contributed by atoms with Crippen molar-refractivity contribution in [1.29, 1.82) is 0 Å². The van der Waals surface area contributed by atoms with E-state index in [1.165, 1.54) is 0 Å². The highest BCUT2D eigenvalue weighted by molar-refractivity contribution is 7.13. The van der Waals surface area contributed by atoms with E-state index < -0.39 is 0 Å². The zero-order valence-corrected chi connectivity index (χ0v) is 16.2. The molecule has 1 fully saturated rings. The Bertz CT molecular complexity index is 904. The van der Waals surface area contributed by atoms with Crippen LogP contribution in [0.3, 0.4) is 0 Å². The number of hydrogen-bond acceptors (Lipinski definition) is 6. The number of benzene rings is 1. The molecule has 0 unspecified atom stereocenters. The van der Waals surface area contributed by atoms with Crippen LogP contribution < -0.4 is 0 Å². The van der Waals surface area contributed by atoms with Crippen molar-refractivity contribution in [2.75, 3.05) is 26.2 Å². The Morgan fingerprint density at radius 2 is 1.96 bits per heavy atom. The summed E-state index contributed by atoms with van der Waals surface area (Å²) in [6.45, 7) is 3.55. The molecule has 1 aromatic carbocycles. The Kier molecular flexibility index (Phi) is 5.52. The lowest BCUT2D eigenvalue weighted by Crippen LogP contribution is -2.48. The van der Waals surface area contributed by atoms with Crippen molar-refractivity contribution in [3.63, 3.8) is 0 Å². The summed E-state index contributed by atoms with van der Waals surface area (Å²) in [5.74, 6) is 1.35. The monoisotopic (exact) mass is 402 g/mol. The van der Waals surface area contributed by atoms with E-state index in [4.69, 9.17) is 16.1 Å². The fraction of sp³-hybridized carbons (Fsp3) is 0.316. The number of aromatic nitrogens is 2. The molecule has 0 radical (unpaired) electrons. The molecule has 0 N–H and O–H groups in total. The van der Waals surface area contributed by atoms with Crippen molar-refractivity contribution in [2.45, 2.75) is 13.0 Å². The molecule has 8 heteroatoms. The maximum absolute atomic E-state index is 12.5. The molecular formula is C19H19ClN4O2S. The van der Waals surface area contributed by atoms with Crippen LogP contribution in [0.1, 0.15) is 11.5 Å². The van der Waals surface area contributed by atoms with Crippen LogP contribution in [-0.2, 0) is 17.8 Å². The summed E-state index contributed by atoms with van der Waals surface area (Å²) in [5.41, 5.74) is 0.874. The van der Waals surface area contributed by atoms with Gasteiger partial charge in [0.15, 0.2) is 0 Å². The van der Waals surface area contributed by atoms with Gasteiger partial charge in [0, 0.05) is 31.2 Å². The number of nitrogens with zero attached hydrogens (tertiary/aromatic N) is 4. The number of carbonyl (C=O) groups is 1. The number of rotatable bonds is 5. The zero-order chi connectivity index (χ0) is 18.6. The van der Waals surface area contributed by atoms with Crippen LogP contribution >= 0.6 is 22.9 Å². The van der Waals surface area contributed by atoms with Gasteiger partial charge in [0.2, 0.25) is 17.6 Å².